The van der Waals surface area contributed by atoms with Gasteiger partial charge >= 0.3 is 0 Å². The summed E-state index contributed by atoms with van der Waals surface area (Å²) in [7, 11) is 0. The van der Waals surface area contributed by atoms with E-state index < -0.39 is 11.2 Å². The van der Waals surface area contributed by atoms with E-state index in [2.05, 4.69) is 15.5 Å². The van der Waals surface area contributed by atoms with E-state index in [1.165, 1.54) is 11.8 Å². The lowest BCUT2D eigenvalue weighted by atomic mass is 10.1. The highest BCUT2D eigenvalue weighted by atomic mass is 32.2. The summed E-state index contributed by atoms with van der Waals surface area (Å²) < 4.78 is 0. The van der Waals surface area contributed by atoms with Crippen LogP contribution in [0.25, 0.3) is 10.9 Å². The number of nitrogens with zero attached hydrogens (tertiary/aromatic N) is 1. The molecule has 2 aromatic carbocycles. The van der Waals surface area contributed by atoms with Crippen molar-refractivity contribution in [1.29, 1.82) is 0 Å². The predicted octanol–water partition coefficient (Wildman–Crippen LogP) is 3.09. The molecule has 0 fully saturated rings. The summed E-state index contributed by atoms with van der Waals surface area (Å²) in [6, 6.07) is 11.0. The number of aromatic amines is 1. The van der Waals surface area contributed by atoms with E-state index in [9.17, 15) is 9.59 Å². The van der Waals surface area contributed by atoms with E-state index in [0.29, 0.717) is 16.1 Å². The van der Waals surface area contributed by atoms with Gasteiger partial charge in [0.25, 0.3) is 5.91 Å². The topological polar surface area (TPSA) is 101 Å². The minimum atomic E-state index is -0.419. The van der Waals surface area contributed by atoms with Crippen LogP contribution in [0.1, 0.15) is 22.8 Å². The second kappa shape index (κ2) is 6.98. The van der Waals surface area contributed by atoms with Crippen LogP contribution in [0.15, 0.2) is 47.5 Å². The Labute approximate surface area is 149 Å². The van der Waals surface area contributed by atoms with Crippen LogP contribution in [-0.4, -0.2) is 27.3 Å². The number of thioether (sulfide) groups is 1. The number of fused-ring (bicyclic) bond motifs is 1. The first-order chi connectivity index (χ1) is 12.0. The van der Waals surface area contributed by atoms with Gasteiger partial charge in [-0.2, -0.15) is 5.10 Å². The Bertz CT molecular complexity index is 951. The molecule has 4 N–H and O–H groups in total. The molecule has 0 radical (unpaired) electrons. The summed E-state index contributed by atoms with van der Waals surface area (Å²) in [5.74, 6) is -0.650. The first-order valence-electron chi connectivity index (χ1n) is 7.76. The predicted molar refractivity (Wildman–Crippen MR) is 99.7 cm³/mol. The second-order valence-corrected chi connectivity index (χ2v) is 7.12. The summed E-state index contributed by atoms with van der Waals surface area (Å²) in [6.45, 7) is 3.65. The highest BCUT2D eigenvalue weighted by molar-refractivity contribution is 8.00. The summed E-state index contributed by atoms with van der Waals surface area (Å²) in [4.78, 5) is 24.8. The number of aryl methyl sites for hydroxylation is 1. The van der Waals surface area contributed by atoms with Crippen molar-refractivity contribution >= 4 is 40.2 Å². The lowest BCUT2D eigenvalue weighted by Gasteiger charge is -2.13. The molecule has 25 heavy (non-hydrogen) atoms. The highest BCUT2D eigenvalue weighted by Gasteiger charge is 2.17. The van der Waals surface area contributed by atoms with Crippen LogP contribution in [0.4, 0.5) is 5.69 Å². The Balaban J connectivity index is 1.87. The van der Waals surface area contributed by atoms with E-state index in [4.69, 9.17) is 5.73 Å². The lowest BCUT2D eigenvalue weighted by molar-refractivity contribution is -0.117. The normalized spacial score (nSPS) is 12.1. The summed E-state index contributed by atoms with van der Waals surface area (Å²) >= 11 is 1.27. The van der Waals surface area contributed by atoms with Crippen molar-refractivity contribution in [3.8, 4) is 0 Å². The van der Waals surface area contributed by atoms with E-state index in [-0.39, 0.29) is 5.91 Å². The van der Waals surface area contributed by atoms with Gasteiger partial charge < -0.3 is 11.1 Å². The number of H-pyrrole nitrogens is 1. The molecule has 0 spiro atoms. The van der Waals surface area contributed by atoms with Gasteiger partial charge in [-0.3, -0.25) is 14.7 Å². The molecule has 0 aliphatic heterocycles. The Morgan fingerprint density at radius 1 is 1.28 bits per heavy atom. The number of amides is 2. The third-order valence-electron chi connectivity index (χ3n) is 3.87. The SMILES string of the molecule is Cc1cc2cn[nH]c2cc1NC(=O)c1ccccc1SC(C)C(N)=O. The number of aromatic nitrogens is 2. The number of anilines is 1. The monoisotopic (exact) mass is 354 g/mol. The largest absolute Gasteiger partial charge is 0.369 e. The molecule has 0 aliphatic carbocycles. The third kappa shape index (κ3) is 3.66. The molecule has 7 heteroatoms. The number of rotatable bonds is 5. The number of nitrogens with one attached hydrogen (secondary N) is 2. The number of nitrogens with two attached hydrogens (primary N) is 1. The van der Waals surface area contributed by atoms with Gasteiger partial charge in [0.05, 0.1) is 22.5 Å². The van der Waals surface area contributed by atoms with Crippen molar-refractivity contribution in [3.05, 3.63) is 53.7 Å². The van der Waals surface area contributed by atoms with E-state index in [1.54, 1.807) is 25.3 Å². The fourth-order valence-electron chi connectivity index (χ4n) is 2.44. The molecule has 2 amide bonds. The molecule has 3 aromatic rings. The van der Waals surface area contributed by atoms with Gasteiger partial charge in [-0.1, -0.05) is 12.1 Å². The molecular formula is C18H18N4O2S. The van der Waals surface area contributed by atoms with Gasteiger partial charge in [0.2, 0.25) is 5.91 Å². The molecule has 3 rings (SSSR count). The summed E-state index contributed by atoms with van der Waals surface area (Å²) in [5, 5.41) is 10.4. The minimum absolute atomic E-state index is 0.235. The maximum atomic E-state index is 12.7. The van der Waals surface area contributed by atoms with Gasteiger partial charge in [-0.25, -0.2) is 0 Å². The molecule has 1 unspecified atom stereocenters. The molecular weight excluding hydrogens is 336 g/mol. The average Bonchev–Trinajstić information content (AvgIpc) is 3.02. The Kier molecular flexibility index (Phi) is 4.76. The molecule has 1 atom stereocenters. The fourth-order valence-corrected chi connectivity index (χ4v) is 3.38. The lowest BCUT2D eigenvalue weighted by Crippen LogP contribution is -2.23. The highest BCUT2D eigenvalue weighted by Crippen LogP contribution is 2.28. The van der Waals surface area contributed by atoms with Gasteiger partial charge in [-0.05, 0) is 43.7 Å². The summed E-state index contributed by atoms with van der Waals surface area (Å²) in [6.07, 6.45) is 1.74. The van der Waals surface area contributed by atoms with Crippen LogP contribution < -0.4 is 11.1 Å². The second-order valence-electron chi connectivity index (χ2n) is 5.74. The van der Waals surface area contributed by atoms with Crippen LogP contribution in [0.2, 0.25) is 0 Å². The maximum absolute atomic E-state index is 12.7. The Morgan fingerprint density at radius 3 is 2.80 bits per heavy atom. The molecule has 0 saturated heterocycles. The van der Waals surface area contributed by atoms with Crippen LogP contribution in [0.5, 0.6) is 0 Å². The molecule has 0 bridgehead atoms. The maximum Gasteiger partial charge on any atom is 0.256 e. The molecule has 0 aliphatic rings. The molecule has 128 valence electrons. The number of carbonyl (C=O) groups is 2. The number of primary amides is 1. The Hall–Kier alpha value is -2.80. The first kappa shape index (κ1) is 17.0. The van der Waals surface area contributed by atoms with Crippen molar-refractivity contribution in [2.45, 2.75) is 24.0 Å². The zero-order valence-electron chi connectivity index (χ0n) is 13.9. The zero-order valence-corrected chi connectivity index (χ0v) is 14.7. The zero-order chi connectivity index (χ0) is 18.0. The van der Waals surface area contributed by atoms with Gasteiger partial charge in [0.1, 0.15) is 0 Å². The van der Waals surface area contributed by atoms with Crippen LogP contribution in [0, 0.1) is 6.92 Å². The van der Waals surface area contributed by atoms with E-state index in [0.717, 1.165) is 16.5 Å². The average molecular weight is 354 g/mol. The molecule has 6 nitrogen and oxygen atoms in total. The van der Waals surface area contributed by atoms with Gasteiger partial charge in [0.15, 0.2) is 0 Å². The Morgan fingerprint density at radius 2 is 2.04 bits per heavy atom. The fraction of sp³-hybridized carbons (Fsp3) is 0.167. The van der Waals surface area contributed by atoms with Crippen molar-refractivity contribution in [2.24, 2.45) is 5.73 Å². The van der Waals surface area contributed by atoms with Crippen molar-refractivity contribution in [2.75, 3.05) is 5.32 Å². The smallest absolute Gasteiger partial charge is 0.256 e. The van der Waals surface area contributed by atoms with E-state index >= 15 is 0 Å². The quantitative estimate of drug-likeness (QED) is 0.613. The molecule has 1 aromatic heterocycles. The van der Waals surface area contributed by atoms with Crippen molar-refractivity contribution < 1.29 is 9.59 Å². The van der Waals surface area contributed by atoms with Crippen LogP contribution >= 0.6 is 11.8 Å². The minimum Gasteiger partial charge on any atom is -0.369 e. The number of hydrogen-bond donors (Lipinski definition) is 3. The van der Waals surface area contributed by atoms with Gasteiger partial charge in [0, 0.05) is 16.0 Å². The first-order valence-corrected chi connectivity index (χ1v) is 8.63. The number of hydrogen-bond acceptors (Lipinski definition) is 4. The third-order valence-corrected chi connectivity index (χ3v) is 5.07. The molecule has 1 heterocycles. The van der Waals surface area contributed by atoms with Gasteiger partial charge in [-0.15, -0.1) is 11.8 Å². The summed E-state index contributed by atoms with van der Waals surface area (Å²) in [5.41, 5.74) is 8.34. The van der Waals surface area contributed by atoms with Crippen LogP contribution in [0.3, 0.4) is 0 Å². The number of carbonyl (C=O) groups excluding carboxylic acids is 2. The standard InChI is InChI=1S/C18H18N4O2S/c1-10-7-12-9-20-22-15(12)8-14(10)21-18(24)13-5-3-4-6-16(13)25-11(2)17(19)23/h3-9,11H,1-2H3,(H2,19,23)(H,20,22)(H,21,24). The van der Waals surface area contributed by atoms with Crippen molar-refractivity contribution in [1.82, 2.24) is 10.2 Å². The van der Waals surface area contributed by atoms with E-state index in [1.807, 2.05) is 31.2 Å². The molecule has 0 saturated carbocycles. The van der Waals surface area contributed by atoms with Crippen LogP contribution in [-0.2, 0) is 4.79 Å². The van der Waals surface area contributed by atoms with Crippen molar-refractivity contribution in [3.63, 3.8) is 0 Å². The number of benzene rings is 2.